The molecule has 17 heavy (non-hydrogen) atoms. The predicted molar refractivity (Wildman–Crippen MR) is 79.8 cm³/mol. The highest BCUT2D eigenvalue weighted by atomic mass is 79.9. The number of hydrogen-bond donors (Lipinski definition) is 0. The average Bonchev–Trinajstić information content (AvgIpc) is 2.35. The Labute approximate surface area is 114 Å². The van der Waals surface area contributed by atoms with Gasteiger partial charge in [-0.15, -0.1) is 0 Å². The van der Waals surface area contributed by atoms with Crippen LogP contribution in [0.4, 0.5) is 0 Å². The second-order valence-corrected chi connectivity index (χ2v) is 5.70. The fourth-order valence-corrected chi connectivity index (χ4v) is 2.63. The Morgan fingerprint density at radius 3 is 2.47 bits per heavy atom. The molecule has 0 N–H and O–H groups in total. The van der Waals surface area contributed by atoms with E-state index in [2.05, 4.69) is 65.1 Å². The summed E-state index contributed by atoms with van der Waals surface area (Å²) in [5, 5.41) is 1.13. The van der Waals surface area contributed by atoms with Crippen LogP contribution in [0.15, 0.2) is 30.3 Å². The summed E-state index contributed by atoms with van der Waals surface area (Å²) in [6.07, 6.45) is 3.74. The van der Waals surface area contributed by atoms with Gasteiger partial charge in [0, 0.05) is 11.9 Å². The van der Waals surface area contributed by atoms with Gasteiger partial charge >= 0.3 is 0 Å². The second-order valence-electron chi connectivity index (χ2n) is 4.91. The molecule has 0 saturated carbocycles. The minimum atomic E-state index is 0.827. The number of halogens is 1. The summed E-state index contributed by atoms with van der Waals surface area (Å²) in [6, 6.07) is 10.7. The first-order chi connectivity index (χ1) is 8.22. The highest BCUT2D eigenvalue weighted by Gasteiger charge is 2.04. The van der Waals surface area contributed by atoms with Gasteiger partial charge in [-0.3, -0.25) is 0 Å². The van der Waals surface area contributed by atoms with Gasteiger partial charge in [0.25, 0.3) is 0 Å². The molecule has 1 unspecified atom stereocenters. The zero-order valence-corrected chi connectivity index (χ0v) is 12.6. The van der Waals surface area contributed by atoms with Crippen molar-refractivity contribution in [3.63, 3.8) is 0 Å². The van der Waals surface area contributed by atoms with Crippen molar-refractivity contribution in [3.05, 3.63) is 35.9 Å². The minimum Gasteiger partial charge on any atom is -0.306 e. The number of hydrogen-bond acceptors (Lipinski definition) is 1. The lowest BCUT2D eigenvalue weighted by molar-refractivity contribution is 0.307. The lowest BCUT2D eigenvalue weighted by atomic mass is 10.1. The van der Waals surface area contributed by atoms with Crippen molar-refractivity contribution >= 4 is 15.9 Å². The Hall–Kier alpha value is -0.340. The lowest BCUT2D eigenvalue weighted by Crippen LogP contribution is -2.23. The molecule has 0 aliphatic heterocycles. The molecule has 1 atom stereocenters. The van der Waals surface area contributed by atoms with E-state index in [1.54, 1.807) is 0 Å². The molecule has 0 bridgehead atoms. The summed E-state index contributed by atoms with van der Waals surface area (Å²) in [7, 11) is 2.23. The van der Waals surface area contributed by atoms with Crippen molar-refractivity contribution in [2.45, 2.75) is 26.2 Å². The van der Waals surface area contributed by atoms with Crippen molar-refractivity contribution < 1.29 is 0 Å². The van der Waals surface area contributed by atoms with E-state index >= 15 is 0 Å². The Kier molecular flexibility index (Phi) is 7.54. The predicted octanol–water partition coefficient (Wildman–Crippen LogP) is 3.97. The molecular weight excluding hydrogens is 274 g/mol. The van der Waals surface area contributed by atoms with E-state index in [1.807, 2.05) is 0 Å². The van der Waals surface area contributed by atoms with Crippen molar-refractivity contribution in [2.24, 2.45) is 5.92 Å². The lowest BCUT2D eigenvalue weighted by Gasteiger charge is -2.19. The monoisotopic (exact) mass is 297 g/mol. The van der Waals surface area contributed by atoms with Gasteiger partial charge in [-0.2, -0.15) is 0 Å². The molecule has 1 nitrogen and oxygen atoms in total. The topological polar surface area (TPSA) is 3.24 Å². The molecule has 0 aliphatic carbocycles. The second kappa shape index (κ2) is 8.71. The maximum absolute atomic E-state index is 3.50. The molecule has 96 valence electrons. The SMILES string of the molecule is CC(CCBr)CCN(C)CCc1ccccc1. The minimum absolute atomic E-state index is 0.827. The molecule has 2 heteroatoms. The molecule has 1 rings (SSSR count). The van der Waals surface area contributed by atoms with Crippen molar-refractivity contribution in [1.29, 1.82) is 0 Å². The van der Waals surface area contributed by atoms with E-state index in [1.165, 1.54) is 24.9 Å². The van der Waals surface area contributed by atoms with Gasteiger partial charge in [0.2, 0.25) is 0 Å². The van der Waals surface area contributed by atoms with Crippen LogP contribution in [0.2, 0.25) is 0 Å². The largest absolute Gasteiger partial charge is 0.306 e. The molecule has 0 amide bonds. The van der Waals surface area contributed by atoms with Crippen LogP contribution in [0.3, 0.4) is 0 Å². The first kappa shape index (κ1) is 14.7. The smallest absolute Gasteiger partial charge is 0.00338 e. The van der Waals surface area contributed by atoms with Crippen LogP contribution >= 0.6 is 15.9 Å². The summed E-state index contributed by atoms with van der Waals surface area (Å²) in [6.45, 7) is 4.71. The Balaban J connectivity index is 2.15. The Morgan fingerprint density at radius 1 is 1.12 bits per heavy atom. The molecule has 0 fully saturated rings. The van der Waals surface area contributed by atoms with Gasteiger partial charge in [0.05, 0.1) is 0 Å². The van der Waals surface area contributed by atoms with Gasteiger partial charge in [-0.1, -0.05) is 53.2 Å². The third-order valence-electron chi connectivity index (χ3n) is 3.23. The molecule has 0 aromatic heterocycles. The number of nitrogens with zero attached hydrogens (tertiary/aromatic N) is 1. The molecule has 0 heterocycles. The van der Waals surface area contributed by atoms with Crippen LogP contribution in [0.5, 0.6) is 0 Å². The van der Waals surface area contributed by atoms with E-state index < -0.39 is 0 Å². The fraction of sp³-hybridized carbons (Fsp3) is 0.600. The quantitative estimate of drug-likeness (QED) is 0.656. The number of alkyl halides is 1. The molecule has 0 aliphatic rings. The molecular formula is C15H24BrN. The highest BCUT2D eigenvalue weighted by Crippen LogP contribution is 2.10. The standard InChI is InChI=1S/C15H24BrN/c1-14(8-11-16)9-12-17(2)13-10-15-6-4-3-5-7-15/h3-7,14H,8-13H2,1-2H3. The average molecular weight is 298 g/mol. The maximum Gasteiger partial charge on any atom is 0.00338 e. The molecule has 0 saturated heterocycles. The van der Waals surface area contributed by atoms with Crippen LogP contribution in [0.1, 0.15) is 25.3 Å². The summed E-state index contributed by atoms with van der Waals surface area (Å²) in [5.74, 6) is 0.827. The summed E-state index contributed by atoms with van der Waals surface area (Å²) < 4.78 is 0. The maximum atomic E-state index is 3.50. The third kappa shape index (κ3) is 6.85. The Morgan fingerprint density at radius 2 is 1.82 bits per heavy atom. The van der Waals surface area contributed by atoms with Gasteiger partial charge in [0.15, 0.2) is 0 Å². The van der Waals surface area contributed by atoms with Crippen LogP contribution in [0.25, 0.3) is 0 Å². The van der Waals surface area contributed by atoms with E-state index in [4.69, 9.17) is 0 Å². The zero-order chi connectivity index (χ0) is 12.5. The van der Waals surface area contributed by atoms with Crippen LogP contribution in [-0.2, 0) is 6.42 Å². The Bertz CT molecular complexity index is 286. The van der Waals surface area contributed by atoms with Gasteiger partial charge in [-0.05, 0) is 44.3 Å². The molecule has 1 aromatic carbocycles. The first-order valence-corrected chi connectivity index (χ1v) is 7.63. The van der Waals surface area contributed by atoms with E-state index in [-0.39, 0.29) is 0 Å². The normalized spacial score (nSPS) is 12.9. The number of likely N-dealkylation sites (N-methyl/N-ethyl adjacent to an activating group) is 1. The van der Waals surface area contributed by atoms with Crippen molar-refractivity contribution in [3.8, 4) is 0 Å². The summed E-state index contributed by atoms with van der Waals surface area (Å²) in [5.41, 5.74) is 1.44. The van der Waals surface area contributed by atoms with E-state index in [0.29, 0.717) is 0 Å². The van der Waals surface area contributed by atoms with Crippen LogP contribution < -0.4 is 0 Å². The molecule has 1 aromatic rings. The number of benzene rings is 1. The fourth-order valence-electron chi connectivity index (χ4n) is 1.85. The van der Waals surface area contributed by atoms with Gasteiger partial charge in [0.1, 0.15) is 0 Å². The zero-order valence-electron chi connectivity index (χ0n) is 11.0. The van der Waals surface area contributed by atoms with Crippen molar-refractivity contribution in [2.75, 3.05) is 25.5 Å². The van der Waals surface area contributed by atoms with Crippen LogP contribution in [-0.4, -0.2) is 30.4 Å². The molecule has 0 spiro atoms. The van der Waals surface area contributed by atoms with Gasteiger partial charge < -0.3 is 4.90 Å². The van der Waals surface area contributed by atoms with E-state index in [9.17, 15) is 0 Å². The summed E-state index contributed by atoms with van der Waals surface area (Å²) >= 11 is 3.50. The van der Waals surface area contributed by atoms with Crippen LogP contribution in [0, 0.1) is 5.92 Å². The highest BCUT2D eigenvalue weighted by molar-refractivity contribution is 9.09. The van der Waals surface area contributed by atoms with E-state index in [0.717, 1.165) is 24.2 Å². The number of rotatable bonds is 8. The third-order valence-corrected chi connectivity index (χ3v) is 3.69. The first-order valence-electron chi connectivity index (χ1n) is 6.51. The molecule has 0 radical (unpaired) electrons. The van der Waals surface area contributed by atoms with Gasteiger partial charge in [-0.25, -0.2) is 0 Å². The van der Waals surface area contributed by atoms with Crippen molar-refractivity contribution in [1.82, 2.24) is 4.90 Å². The summed E-state index contributed by atoms with van der Waals surface area (Å²) in [4.78, 5) is 2.44.